The van der Waals surface area contributed by atoms with Crippen LogP contribution in [0.15, 0.2) is 66.7 Å². The highest BCUT2D eigenvalue weighted by atomic mass is 16.5. The molecule has 214 valence electrons. The van der Waals surface area contributed by atoms with Crippen molar-refractivity contribution in [3.05, 3.63) is 66.7 Å². The number of carbonyl (C=O) groups is 3. The van der Waals surface area contributed by atoms with Crippen LogP contribution < -0.4 is 15.4 Å². The Hall–Kier alpha value is -3.95. The van der Waals surface area contributed by atoms with Crippen LogP contribution in [0.25, 0.3) is 10.8 Å². The maximum atomic E-state index is 14.0. The number of anilines is 2. The van der Waals surface area contributed by atoms with E-state index in [0.717, 1.165) is 10.8 Å². The molecular formula is C32H35N3O6. The predicted molar refractivity (Wildman–Crippen MR) is 154 cm³/mol. The van der Waals surface area contributed by atoms with Gasteiger partial charge in [0.05, 0.1) is 24.5 Å². The van der Waals surface area contributed by atoms with Crippen LogP contribution in [0, 0.1) is 11.8 Å². The van der Waals surface area contributed by atoms with Crippen molar-refractivity contribution < 1.29 is 29.0 Å². The van der Waals surface area contributed by atoms with Crippen molar-refractivity contribution in [3.63, 3.8) is 0 Å². The number of nitrogens with zero attached hydrogens (tertiary/aromatic N) is 1. The number of hydrogen-bond donors (Lipinski definition) is 3. The third-order valence-electron chi connectivity index (χ3n) is 8.61. The summed E-state index contributed by atoms with van der Waals surface area (Å²) in [7, 11) is 0. The Morgan fingerprint density at radius 3 is 2.49 bits per heavy atom. The van der Waals surface area contributed by atoms with Gasteiger partial charge in [-0.1, -0.05) is 30.3 Å². The van der Waals surface area contributed by atoms with Gasteiger partial charge in [0.1, 0.15) is 17.4 Å². The molecule has 0 radical (unpaired) electrons. The highest BCUT2D eigenvalue weighted by Gasteiger charge is 2.74. The maximum absolute atomic E-state index is 14.0. The SMILES string of the molecule is CCOc1ccc(NC(=O)[C@@H]2[C@H]3C(=O)N(CCCCO)C(C(=O)Nc4ccc5ccccc5c4)C34CC[C@H]2O4)cc1. The number of rotatable bonds is 10. The number of nitrogens with one attached hydrogen (secondary N) is 2. The molecule has 3 heterocycles. The summed E-state index contributed by atoms with van der Waals surface area (Å²) in [6, 6.07) is 19.8. The van der Waals surface area contributed by atoms with Gasteiger partial charge in [-0.3, -0.25) is 14.4 Å². The predicted octanol–water partition coefficient (Wildman–Crippen LogP) is 3.96. The van der Waals surface area contributed by atoms with E-state index in [4.69, 9.17) is 9.47 Å². The minimum Gasteiger partial charge on any atom is -0.494 e. The van der Waals surface area contributed by atoms with E-state index in [1.54, 1.807) is 29.2 Å². The number of carbonyl (C=O) groups excluding carboxylic acids is 3. The van der Waals surface area contributed by atoms with Crippen LogP contribution in [-0.4, -0.2) is 65.2 Å². The van der Waals surface area contributed by atoms with Crippen LogP contribution in [0.2, 0.25) is 0 Å². The Balaban J connectivity index is 1.27. The Kier molecular flexibility index (Phi) is 7.40. The van der Waals surface area contributed by atoms with Gasteiger partial charge in [0, 0.05) is 24.5 Å². The molecule has 2 unspecified atom stereocenters. The second kappa shape index (κ2) is 11.1. The maximum Gasteiger partial charge on any atom is 0.250 e. The summed E-state index contributed by atoms with van der Waals surface area (Å²) in [5.74, 6) is -1.61. The molecule has 3 amide bonds. The Labute approximate surface area is 238 Å². The molecule has 9 nitrogen and oxygen atoms in total. The summed E-state index contributed by atoms with van der Waals surface area (Å²) in [6.45, 7) is 2.75. The van der Waals surface area contributed by atoms with E-state index in [9.17, 15) is 19.5 Å². The van der Waals surface area contributed by atoms with Crippen molar-refractivity contribution >= 4 is 39.9 Å². The highest BCUT2D eigenvalue weighted by Crippen LogP contribution is 2.58. The van der Waals surface area contributed by atoms with Crippen LogP contribution >= 0.6 is 0 Å². The van der Waals surface area contributed by atoms with E-state index in [-0.39, 0.29) is 24.3 Å². The summed E-state index contributed by atoms with van der Waals surface area (Å²) < 4.78 is 12.0. The summed E-state index contributed by atoms with van der Waals surface area (Å²) >= 11 is 0. The lowest BCUT2D eigenvalue weighted by Gasteiger charge is -2.33. The second-order valence-electron chi connectivity index (χ2n) is 11.0. The molecule has 3 aliphatic heterocycles. The Morgan fingerprint density at radius 1 is 1.00 bits per heavy atom. The average molecular weight is 558 g/mol. The van der Waals surface area contributed by atoms with E-state index in [0.29, 0.717) is 56.0 Å². The lowest BCUT2D eigenvalue weighted by atomic mass is 9.70. The molecule has 3 aromatic carbocycles. The molecule has 41 heavy (non-hydrogen) atoms. The minimum atomic E-state index is -1.08. The molecule has 9 heteroatoms. The van der Waals surface area contributed by atoms with Gasteiger partial charge < -0.3 is 30.1 Å². The van der Waals surface area contributed by atoms with E-state index < -0.39 is 29.6 Å². The molecule has 5 atom stereocenters. The van der Waals surface area contributed by atoms with Gasteiger partial charge in [0.2, 0.25) is 17.7 Å². The molecule has 2 bridgehead atoms. The Bertz CT molecular complexity index is 1460. The zero-order valence-electron chi connectivity index (χ0n) is 23.0. The largest absolute Gasteiger partial charge is 0.494 e. The number of aliphatic hydroxyl groups excluding tert-OH is 1. The quantitative estimate of drug-likeness (QED) is 0.325. The first-order chi connectivity index (χ1) is 19.9. The number of benzene rings is 3. The fraction of sp³-hybridized carbons (Fsp3) is 0.406. The van der Waals surface area contributed by atoms with E-state index in [1.807, 2.05) is 49.4 Å². The Morgan fingerprint density at radius 2 is 1.73 bits per heavy atom. The monoisotopic (exact) mass is 557 g/mol. The lowest BCUT2D eigenvalue weighted by molar-refractivity contribution is -0.139. The molecule has 1 spiro atoms. The third-order valence-corrected chi connectivity index (χ3v) is 8.61. The molecular weight excluding hydrogens is 522 g/mol. The third kappa shape index (κ3) is 4.83. The molecule has 3 saturated heterocycles. The van der Waals surface area contributed by atoms with Crippen molar-refractivity contribution in [2.45, 2.75) is 50.4 Å². The number of hydrogen-bond acceptors (Lipinski definition) is 6. The molecule has 3 N–H and O–H groups in total. The second-order valence-corrected chi connectivity index (χ2v) is 11.0. The van der Waals surface area contributed by atoms with Crippen molar-refractivity contribution in [2.75, 3.05) is 30.4 Å². The molecule has 3 fully saturated rings. The topological polar surface area (TPSA) is 117 Å². The fourth-order valence-corrected chi connectivity index (χ4v) is 6.89. The summed E-state index contributed by atoms with van der Waals surface area (Å²) in [4.78, 5) is 43.2. The number of ether oxygens (including phenoxy) is 2. The minimum absolute atomic E-state index is 0.00372. The van der Waals surface area contributed by atoms with E-state index >= 15 is 0 Å². The number of likely N-dealkylation sites (tertiary alicyclic amines) is 1. The molecule has 3 aromatic rings. The average Bonchev–Trinajstić information content (AvgIpc) is 3.62. The van der Waals surface area contributed by atoms with Gasteiger partial charge >= 0.3 is 0 Å². The van der Waals surface area contributed by atoms with Gasteiger partial charge in [-0.2, -0.15) is 0 Å². The van der Waals surface area contributed by atoms with Crippen LogP contribution in [0.4, 0.5) is 11.4 Å². The summed E-state index contributed by atoms with van der Waals surface area (Å²) in [6.07, 6.45) is 1.72. The highest BCUT2D eigenvalue weighted by molar-refractivity contribution is 6.05. The first-order valence-electron chi connectivity index (χ1n) is 14.4. The number of amides is 3. The van der Waals surface area contributed by atoms with Crippen molar-refractivity contribution in [1.82, 2.24) is 4.90 Å². The van der Waals surface area contributed by atoms with Crippen molar-refractivity contribution in [2.24, 2.45) is 11.8 Å². The number of fused-ring (bicyclic) bond motifs is 2. The van der Waals surface area contributed by atoms with Crippen molar-refractivity contribution in [1.29, 1.82) is 0 Å². The molecule has 0 aliphatic carbocycles. The smallest absolute Gasteiger partial charge is 0.250 e. The summed E-state index contributed by atoms with van der Waals surface area (Å²) in [5.41, 5.74) is 0.155. The van der Waals surface area contributed by atoms with Crippen molar-refractivity contribution in [3.8, 4) is 5.75 Å². The van der Waals surface area contributed by atoms with Crippen LogP contribution in [0.5, 0.6) is 5.75 Å². The van der Waals surface area contributed by atoms with Crippen LogP contribution in [0.3, 0.4) is 0 Å². The van der Waals surface area contributed by atoms with Gasteiger partial charge in [0.25, 0.3) is 0 Å². The van der Waals surface area contributed by atoms with Gasteiger partial charge in [-0.25, -0.2) is 0 Å². The fourth-order valence-electron chi connectivity index (χ4n) is 6.89. The van der Waals surface area contributed by atoms with Gasteiger partial charge in [-0.15, -0.1) is 0 Å². The number of unbranched alkanes of at least 4 members (excludes halogenated alkanes) is 1. The molecule has 6 rings (SSSR count). The zero-order valence-corrected chi connectivity index (χ0v) is 23.0. The van der Waals surface area contributed by atoms with E-state index in [1.165, 1.54) is 0 Å². The van der Waals surface area contributed by atoms with Crippen LogP contribution in [0.1, 0.15) is 32.6 Å². The molecule has 0 saturated carbocycles. The van der Waals surface area contributed by atoms with E-state index in [2.05, 4.69) is 10.6 Å². The first-order valence-corrected chi connectivity index (χ1v) is 14.4. The zero-order chi connectivity index (χ0) is 28.6. The van der Waals surface area contributed by atoms with Crippen LogP contribution in [-0.2, 0) is 19.1 Å². The first kappa shape index (κ1) is 27.2. The normalized spacial score (nSPS) is 26.3. The summed E-state index contributed by atoms with van der Waals surface area (Å²) in [5, 5.41) is 17.4. The lowest BCUT2D eigenvalue weighted by Crippen LogP contribution is -2.53. The molecule has 3 aliphatic rings. The molecule has 0 aromatic heterocycles. The number of aliphatic hydroxyl groups is 1. The van der Waals surface area contributed by atoms with Gasteiger partial charge in [0.15, 0.2) is 0 Å². The standard InChI is InChI=1S/C32H35N3O6/c1-2-40-24-13-11-22(12-14-24)33-29(37)26-25-15-16-32(41-25)27(26)31(39)35(17-5-6-18-36)28(32)30(38)34-23-10-9-20-7-3-4-8-21(20)19-23/h3-4,7-14,19,25-28,36H,2,5-6,15-18H2,1H3,(H,33,37)(H,34,38)/t25-,26+,27+,28?,32?/m1/s1. The van der Waals surface area contributed by atoms with Gasteiger partial charge in [-0.05, 0) is 79.8 Å².